The fraction of sp³-hybridized carbons (Fsp3) is 0.462. The number of nitrogens with one attached hydrogen (secondary N) is 1. The number of aromatic hydroxyl groups is 1. The summed E-state index contributed by atoms with van der Waals surface area (Å²) in [4.78, 5) is 12.0. The molecule has 5 heteroatoms. The van der Waals surface area contributed by atoms with Crippen molar-refractivity contribution in [3.05, 3.63) is 23.8 Å². The molecule has 0 heterocycles. The van der Waals surface area contributed by atoms with Crippen molar-refractivity contribution >= 4 is 17.5 Å². The monoisotopic (exact) mass is 271 g/mol. The number of alkyl halides is 1. The van der Waals surface area contributed by atoms with Crippen molar-refractivity contribution in [2.75, 3.05) is 13.0 Å². The number of hydrogen-bond acceptors (Lipinski definition) is 3. The van der Waals surface area contributed by atoms with E-state index in [1.807, 2.05) is 13.8 Å². The first kappa shape index (κ1) is 14.6. The molecule has 2 atom stereocenters. The maximum Gasteiger partial charge on any atom is 0.255 e. The topological polar surface area (TPSA) is 58.6 Å². The number of carbonyl (C=O) groups excluding carboxylic acids is 1. The Bertz CT molecular complexity index is 423. The molecule has 1 aromatic rings. The van der Waals surface area contributed by atoms with Crippen LogP contribution in [0.5, 0.6) is 11.5 Å². The predicted molar refractivity (Wildman–Crippen MR) is 71.5 cm³/mol. The zero-order valence-electron chi connectivity index (χ0n) is 10.7. The van der Waals surface area contributed by atoms with E-state index in [0.29, 0.717) is 5.88 Å². The zero-order chi connectivity index (χ0) is 13.7. The highest BCUT2D eigenvalue weighted by Crippen LogP contribution is 2.29. The van der Waals surface area contributed by atoms with Crippen LogP contribution in [0.2, 0.25) is 0 Å². The van der Waals surface area contributed by atoms with Crippen LogP contribution >= 0.6 is 11.6 Å². The molecule has 2 unspecified atom stereocenters. The number of methoxy groups -OCH3 is 1. The molecule has 18 heavy (non-hydrogen) atoms. The number of hydrogen-bond donors (Lipinski definition) is 2. The highest BCUT2D eigenvalue weighted by Gasteiger charge is 2.18. The number of phenolic OH excluding ortho intramolecular Hbond substituents is 1. The summed E-state index contributed by atoms with van der Waals surface area (Å²) in [6, 6.07) is 4.73. The van der Waals surface area contributed by atoms with E-state index in [-0.39, 0.29) is 34.9 Å². The van der Waals surface area contributed by atoms with Gasteiger partial charge >= 0.3 is 0 Å². The molecule has 1 amide bonds. The Labute approximate surface area is 112 Å². The van der Waals surface area contributed by atoms with Gasteiger partial charge in [0.15, 0.2) is 11.5 Å². The molecule has 0 fully saturated rings. The van der Waals surface area contributed by atoms with Gasteiger partial charge in [-0.05, 0) is 25.0 Å². The SMILES string of the molecule is COc1cccc(C(=O)NC(C)C(C)CCl)c1O. The summed E-state index contributed by atoms with van der Waals surface area (Å²) in [7, 11) is 1.44. The number of carbonyl (C=O) groups is 1. The molecule has 0 spiro atoms. The molecule has 0 bridgehead atoms. The molecule has 0 aliphatic carbocycles. The number of benzene rings is 1. The summed E-state index contributed by atoms with van der Waals surface area (Å²) in [5.41, 5.74) is 0.197. The van der Waals surface area contributed by atoms with Crippen LogP contribution in [-0.2, 0) is 0 Å². The normalized spacial score (nSPS) is 13.8. The van der Waals surface area contributed by atoms with Gasteiger partial charge in [-0.1, -0.05) is 13.0 Å². The van der Waals surface area contributed by atoms with Gasteiger partial charge in [-0.25, -0.2) is 0 Å². The average Bonchev–Trinajstić information content (AvgIpc) is 2.37. The van der Waals surface area contributed by atoms with Gasteiger partial charge in [0.2, 0.25) is 0 Å². The molecule has 1 rings (SSSR count). The average molecular weight is 272 g/mol. The molecular weight excluding hydrogens is 254 g/mol. The standard InChI is InChI=1S/C13H18ClNO3/c1-8(7-14)9(2)15-13(17)10-5-4-6-11(18-3)12(10)16/h4-6,8-9,16H,7H2,1-3H3,(H,15,17). The minimum Gasteiger partial charge on any atom is -0.504 e. The Hall–Kier alpha value is -1.42. The van der Waals surface area contributed by atoms with Crippen LogP contribution in [0.25, 0.3) is 0 Å². The number of para-hydroxylation sites is 1. The molecule has 100 valence electrons. The van der Waals surface area contributed by atoms with Crippen LogP contribution in [0.1, 0.15) is 24.2 Å². The van der Waals surface area contributed by atoms with Crippen molar-refractivity contribution < 1.29 is 14.6 Å². The summed E-state index contributed by atoms with van der Waals surface area (Å²) in [6.07, 6.45) is 0. The van der Waals surface area contributed by atoms with E-state index in [1.165, 1.54) is 7.11 Å². The van der Waals surface area contributed by atoms with E-state index < -0.39 is 0 Å². The van der Waals surface area contributed by atoms with Crippen LogP contribution in [-0.4, -0.2) is 30.0 Å². The van der Waals surface area contributed by atoms with Crippen molar-refractivity contribution in [2.24, 2.45) is 5.92 Å². The van der Waals surface area contributed by atoms with Gasteiger partial charge in [0.05, 0.1) is 12.7 Å². The number of rotatable bonds is 5. The number of phenols is 1. The summed E-state index contributed by atoms with van der Waals surface area (Å²) >= 11 is 5.73. The van der Waals surface area contributed by atoms with Gasteiger partial charge in [-0.3, -0.25) is 4.79 Å². The van der Waals surface area contributed by atoms with E-state index >= 15 is 0 Å². The Morgan fingerprint density at radius 2 is 2.17 bits per heavy atom. The van der Waals surface area contributed by atoms with Gasteiger partial charge in [0.25, 0.3) is 5.91 Å². The van der Waals surface area contributed by atoms with Crippen LogP contribution < -0.4 is 10.1 Å². The van der Waals surface area contributed by atoms with Gasteiger partial charge in [0, 0.05) is 11.9 Å². The van der Waals surface area contributed by atoms with Gasteiger partial charge < -0.3 is 15.2 Å². The first-order valence-corrected chi connectivity index (χ1v) is 6.27. The van der Waals surface area contributed by atoms with Crippen LogP contribution in [0.15, 0.2) is 18.2 Å². The third-order valence-corrected chi connectivity index (χ3v) is 3.41. The summed E-state index contributed by atoms with van der Waals surface area (Å²) in [5.74, 6) is 0.411. The Morgan fingerprint density at radius 3 is 2.72 bits per heavy atom. The lowest BCUT2D eigenvalue weighted by atomic mass is 10.1. The fourth-order valence-corrected chi connectivity index (χ4v) is 1.70. The molecule has 4 nitrogen and oxygen atoms in total. The quantitative estimate of drug-likeness (QED) is 0.809. The zero-order valence-corrected chi connectivity index (χ0v) is 11.5. The number of ether oxygens (including phenoxy) is 1. The Balaban J connectivity index is 2.85. The fourth-order valence-electron chi connectivity index (χ4n) is 1.43. The predicted octanol–water partition coefficient (Wildman–Crippen LogP) is 2.39. The van der Waals surface area contributed by atoms with E-state index in [2.05, 4.69) is 5.32 Å². The molecule has 1 aromatic carbocycles. The summed E-state index contributed by atoms with van der Waals surface area (Å²) in [6.45, 7) is 3.82. The molecule has 0 aliphatic rings. The Morgan fingerprint density at radius 1 is 1.50 bits per heavy atom. The van der Waals surface area contributed by atoms with Crippen molar-refractivity contribution in [1.82, 2.24) is 5.32 Å². The van der Waals surface area contributed by atoms with E-state index in [4.69, 9.17) is 16.3 Å². The van der Waals surface area contributed by atoms with Crippen molar-refractivity contribution in [3.8, 4) is 11.5 Å². The molecular formula is C13H18ClNO3. The number of amides is 1. The summed E-state index contributed by atoms with van der Waals surface area (Å²) < 4.78 is 4.96. The maximum absolute atomic E-state index is 12.0. The van der Waals surface area contributed by atoms with Gasteiger partial charge in [0.1, 0.15) is 0 Å². The second-order valence-corrected chi connectivity index (χ2v) is 4.56. The molecule has 0 saturated carbocycles. The van der Waals surface area contributed by atoms with E-state index in [0.717, 1.165) is 0 Å². The Kier molecular flexibility index (Phi) is 5.28. The van der Waals surface area contributed by atoms with Crippen LogP contribution in [0.4, 0.5) is 0 Å². The highest BCUT2D eigenvalue weighted by atomic mass is 35.5. The van der Waals surface area contributed by atoms with Crippen molar-refractivity contribution in [1.29, 1.82) is 0 Å². The molecule has 0 aromatic heterocycles. The number of halogens is 1. The summed E-state index contributed by atoms with van der Waals surface area (Å²) in [5, 5.41) is 12.7. The maximum atomic E-state index is 12.0. The lowest BCUT2D eigenvalue weighted by Crippen LogP contribution is -2.37. The lowest BCUT2D eigenvalue weighted by molar-refractivity contribution is 0.0927. The second kappa shape index (κ2) is 6.50. The van der Waals surface area contributed by atoms with Crippen LogP contribution in [0.3, 0.4) is 0 Å². The molecule has 2 N–H and O–H groups in total. The van der Waals surface area contributed by atoms with Gasteiger partial charge in [-0.15, -0.1) is 11.6 Å². The lowest BCUT2D eigenvalue weighted by Gasteiger charge is -2.19. The second-order valence-electron chi connectivity index (χ2n) is 4.25. The smallest absolute Gasteiger partial charge is 0.255 e. The van der Waals surface area contributed by atoms with E-state index in [9.17, 15) is 9.90 Å². The van der Waals surface area contributed by atoms with Crippen LogP contribution in [0, 0.1) is 5.92 Å². The first-order valence-electron chi connectivity index (χ1n) is 5.74. The minimum absolute atomic E-state index is 0.0689. The largest absolute Gasteiger partial charge is 0.504 e. The van der Waals surface area contributed by atoms with E-state index in [1.54, 1.807) is 18.2 Å². The third-order valence-electron chi connectivity index (χ3n) is 2.92. The molecule has 0 radical (unpaired) electrons. The van der Waals surface area contributed by atoms with Crippen molar-refractivity contribution in [2.45, 2.75) is 19.9 Å². The molecule has 0 saturated heterocycles. The third kappa shape index (κ3) is 3.29. The minimum atomic E-state index is -0.337. The highest BCUT2D eigenvalue weighted by molar-refractivity contribution is 6.18. The van der Waals surface area contributed by atoms with Gasteiger partial charge in [-0.2, -0.15) is 0 Å². The first-order chi connectivity index (χ1) is 8.51. The van der Waals surface area contributed by atoms with Crippen molar-refractivity contribution in [3.63, 3.8) is 0 Å². The molecule has 0 aliphatic heterocycles.